The summed E-state index contributed by atoms with van der Waals surface area (Å²) in [5.74, 6) is -0.964. The second kappa shape index (κ2) is 5.30. The van der Waals surface area contributed by atoms with Gasteiger partial charge in [-0.3, -0.25) is 20.2 Å². The van der Waals surface area contributed by atoms with Crippen LogP contribution in [0.4, 0.5) is 4.79 Å². The first-order valence-electron chi connectivity index (χ1n) is 5.92. The predicted octanol–water partition coefficient (Wildman–Crippen LogP) is -0.418. The molecule has 0 saturated carbocycles. The van der Waals surface area contributed by atoms with Crippen LogP contribution in [0.5, 0.6) is 5.75 Å². The second-order valence-electron chi connectivity index (χ2n) is 4.50. The van der Waals surface area contributed by atoms with E-state index in [4.69, 9.17) is 4.74 Å². The van der Waals surface area contributed by atoms with Crippen molar-refractivity contribution in [3.63, 3.8) is 0 Å². The van der Waals surface area contributed by atoms with Crippen molar-refractivity contribution < 1.29 is 24.2 Å². The standard InChI is InChI=1S/C13H14N2O5/c1-20-9-4-2-8(3-5-9)6-13(7-16)10(17)14-12(19)15-11(13)18/h2-5,16H,6-7H2,1H3,(H2,14,15,17,18,19). The van der Waals surface area contributed by atoms with Crippen LogP contribution in [0.1, 0.15) is 5.56 Å². The number of urea groups is 1. The van der Waals surface area contributed by atoms with Crippen LogP contribution in [0.25, 0.3) is 0 Å². The zero-order valence-corrected chi connectivity index (χ0v) is 10.8. The van der Waals surface area contributed by atoms with Gasteiger partial charge >= 0.3 is 6.03 Å². The SMILES string of the molecule is COc1ccc(CC2(CO)C(=O)NC(=O)NC2=O)cc1. The van der Waals surface area contributed by atoms with Gasteiger partial charge in [0.05, 0.1) is 13.7 Å². The van der Waals surface area contributed by atoms with Crippen molar-refractivity contribution in [2.75, 3.05) is 13.7 Å². The summed E-state index contributed by atoms with van der Waals surface area (Å²) in [6, 6.07) is 5.87. The Morgan fingerprint density at radius 2 is 1.65 bits per heavy atom. The number of aliphatic hydroxyl groups is 1. The fourth-order valence-electron chi connectivity index (χ4n) is 2.03. The van der Waals surface area contributed by atoms with Crippen molar-refractivity contribution in [1.82, 2.24) is 10.6 Å². The molecule has 0 bridgehead atoms. The third-order valence-corrected chi connectivity index (χ3v) is 3.26. The highest BCUT2D eigenvalue weighted by Crippen LogP contribution is 2.26. The molecule has 7 heteroatoms. The molecule has 2 rings (SSSR count). The van der Waals surface area contributed by atoms with Crippen molar-refractivity contribution in [3.05, 3.63) is 29.8 Å². The van der Waals surface area contributed by atoms with Crippen LogP contribution in [-0.2, 0) is 16.0 Å². The summed E-state index contributed by atoms with van der Waals surface area (Å²) in [5, 5.41) is 13.5. The molecule has 20 heavy (non-hydrogen) atoms. The van der Waals surface area contributed by atoms with E-state index in [9.17, 15) is 19.5 Å². The van der Waals surface area contributed by atoms with Crippen molar-refractivity contribution >= 4 is 17.8 Å². The van der Waals surface area contributed by atoms with E-state index < -0.39 is 29.9 Å². The maximum atomic E-state index is 11.9. The molecule has 0 aliphatic carbocycles. The summed E-state index contributed by atoms with van der Waals surface area (Å²) in [6.07, 6.45) is -0.0154. The average molecular weight is 278 g/mol. The van der Waals surface area contributed by atoms with Crippen LogP contribution in [0, 0.1) is 5.41 Å². The van der Waals surface area contributed by atoms with Gasteiger partial charge in [-0.15, -0.1) is 0 Å². The van der Waals surface area contributed by atoms with E-state index in [-0.39, 0.29) is 6.42 Å². The zero-order valence-electron chi connectivity index (χ0n) is 10.8. The minimum Gasteiger partial charge on any atom is -0.497 e. The van der Waals surface area contributed by atoms with Gasteiger partial charge in [-0.25, -0.2) is 4.79 Å². The van der Waals surface area contributed by atoms with Crippen LogP contribution in [0.15, 0.2) is 24.3 Å². The van der Waals surface area contributed by atoms with E-state index in [0.717, 1.165) is 0 Å². The van der Waals surface area contributed by atoms with Crippen LogP contribution in [-0.4, -0.2) is 36.7 Å². The smallest absolute Gasteiger partial charge is 0.328 e. The number of hydrogen-bond donors (Lipinski definition) is 3. The predicted molar refractivity (Wildman–Crippen MR) is 67.9 cm³/mol. The number of hydrogen-bond acceptors (Lipinski definition) is 5. The highest BCUT2D eigenvalue weighted by molar-refractivity contribution is 6.19. The van der Waals surface area contributed by atoms with Gasteiger partial charge in [0, 0.05) is 0 Å². The molecule has 0 aromatic heterocycles. The molecule has 106 valence electrons. The first kappa shape index (κ1) is 14.0. The number of rotatable bonds is 4. The number of ether oxygens (including phenoxy) is 1. The van der Waals surface area contributed by atoms with Gasteiger partial charge < -0.3 is 9.84 Å². The van der Waals surface area contributed by atoms with Crippen molar-refractivity contribution in [1.29, 1.82) is 0 Å². The molecule has 3 N–H and O–H groups in total. The molecule has 1 heterocycles. The summed E-state index contributed by atoms with van der Waals surface area (Å²) in [7, 11) is 1.53. The quantitative estimate of drug-likeness (QED) is 0.649. The van der Waals surface area contributed by atoms with Crippen LogP contribution in [0.3, 0.4) is 0 Å². The number of imide groups is 2. The molecule has 0 atom stereocenters. The lowest BCUT2D eigenvalue weighted by molar-refractivity contribution is -0.147. The van der Waals surface area contributed by atoms with Gasteiger partial charge in [0.1, 0.15) is 5.75 Å². The summed E-state index contributed by atoms with van der Waals surface area (Å²) >= 11 is 0. The van der Waals surface area contributed by atoms with E-state index in [2.05, 4.69) is 0 Å². The Bertz CT molecular complexity index is 532. The number of nitrogens with one attached hydrogen (secondary N) is 2. The number of carbonyl (C=O) groups excluding carboxylic acids is 3. The highest BCUT2D eigenvalue weighted by atomic mass is 16.5. The topological polar surface area (TPSA) is 105 Å². The van der Waals surface area contributed by atoms with Crippen molar-refractivity contribution in [3.8, 4) is 5.75 Å². The van der Waals surface area contributed by atoms with E-state index in [1.165, 1.54) is 7.11 Å². The van der Waals surface area contributed by atoms with Gasteiger partial charge in [0.25, 0.3) is 0 Å². The van der Waals surface area contributed by atoms with Crippen molar-refractivity contribution in [2.45, 2.75) is 6.42 Å². The summed E-state index contributed by atoms with van der Waals surface area (Å²) in [5.41, 5.74) is -1.03. The van der Waals surface area contributed by atoms with Crippen LogP contribution in [0.2, 0.25) is 0 Å². The molecule has 1 aliphatic rings. The Balaban J connectivity index is 2.28. The van der Waals surface area contributed by atoms with Gasteiger partial charge in [-0.05, 0) is 24.1 Å². The number of carbonyl (C=O) groups is 3. The Morgan fingerprint density at radius 3 is 2.10 bits per heavy atom. The number of amides is 4. The molecule has 1 fully saturated rings. The molecule has 1 aromatic carbocycles. The normalized spacial score (nSPS) is 17.4. The zero-order chi connectivity index (χ0) is 14.8. The maximum absolute atomic E-state index is 11.9. The first-order valence-corrected chi connectivity index (χ1v) is 5.92. The minimum atomic E-state index is -1.69. The lowest BCUT2D eigenvalue weighted by atomic mass is 9.79. The Labute approximate surface area is 114 Å². The molecule has 7 nitrogen and oxygen atoms in total. The van der Waals surface area contributed by atoms with Gasteiger partial charge in [-0.1, -0.05) is 12.1 Å². The average Bonchev–Trinajstić information content (AvgIpc) is 2.43. The highest BCUT2D eigenvalue weighted by Gasteiger charge is 2.49. The van der Waals surface area contributed by atoms with Gasteiger partial charge in [-0.2, -0.15) is 0 Å². The van der Waals surface area contributed by atoms with E-state index >= 15 is 0 Å². The molecular weight excluding hydrogens is 264 g/mol. The fraction of sp³-hybridized carbons (Fsp3) is 0.308. The third kappa shape index (κ3) is 2.35. The number of barbiturate groups is 1. The van der Waals surface area contributed by atoms with E-state index in [0.29, 0.717) is 11.3 Å². The molecule has 0 spiro atoms. The van der Waals surface area contributed by atoms with E-state index in [1.54, 1.807) is 24.3 Å². The largest absolute Gasteiger partial charge is 0.497 e. The van der Waals surface area contributed by atoms with Crippen LogP contribution >= 0.6 is 0 Å². The number of benzene rings is 1. The Kier molecular flexibility index (Phi) is 3.71. The summed E-state index contributed by atoms with van der Waals surface area (Å²) in [6.45, 7) is -0.691. The van der Waals surface area contributed by atoms with Crippen molar-refractivity contribution in [2.24, 2.45) is 5.41 Å². The summed E-state index contributed by atoms with van der Waals surface area (Å²) < 4.78 is 5.01. The fourth-order valence-corrected chi connectivity index (χ4v) is 2.03. The molecule has 1 aromatic rings. The first-order chi connectivity index (χ1) is 9.51. The van der Waals surface area contributed by atoms with E-state index in [1.807, 2.05) is 10.6 Å². The molecule has 1 saturated heterocycles. The Morgan fingerprint density at radius 1 is 1.10 bits per heavy atom. The summed E-state index contributed by atoms with van der Waals surface area (Å²) in [4.78, 5) is 34.9. The molecule has 1 aliphatic heterocycles. The van der Waals surface area contributed by atoms with Crippen LogP contribution < -0.4 is 15.4 Å². The maximum Gasteiger partial charge on any atom is 0.328 e. The second-order valence-corrected chi connectivity index (χ2v) is 4.50. The Hall–Kier alpha value is -2.41. The molecule has 0 radical (unpaired) electrons. The molecular formula is C13H14N2O5. The lowest BCUT2D eigenvalue weighted by Gasteiger charge is -2.32. The lowest BCUT2D eigenvalue weighted by Crippen LogP contribution is -2.64. The molecule has 4 amide bonds. The number of aliphatic hydroxyl groups excluding tert-OH is 1. The number of methoxy groups -OCH3 is 1. The van der Waals surface area contributed by atoms with Gasteiger partial charge in [0.2, 0.25) is 11.8 Å². The van der Waals surface area contributed by atoms with Gasteiger partial charge in [0.15, 0.2) is 5.41 Å². The third-order valence-electron chi connectivity index (χ3n) is 3.26. The molecule has 0 unspecified atom stereocenters. The monoisotopic (exact) mass is 278 g/mol. The minimum absolute atomic E-state index is 0.0154.